The highest BCUT2D eigenvalue weighted by atomic mass is 19.1. The molecule has 0 amide bonds. The number of benzene rings is 1. The Hall–Kier alpha value is -1.60. The second kappa shape index (κ2) is 6.53. The molecule has 0 heterocycles. The van der Waals surface area contributed by atoms with E-state index in [0.717, 1.165) is 12.1 Å². The van der Waals surface area contributed by atoms with Crippen LogP contribution in [0.3, 0.4) is 0 Å². The average Bonchev–Trinajstić information content (AvgIpc) is 2.33. The van der Waals surface area contributed by atoms with E-state index in [0.29, 0.717) is 12.2 Å². The van der Waals surface area contributed by atoms with Gasteiger partial charge in [0.25, 0.3) is 0 Å². The van der Waals surface area contributed by atoms with Crippen LogP contribution in [0.5, 0.6) is 5.75 Å². The Balaban J connectivity index is 2.69. The summed E-state index contributed by atoms with van der Waals surface area (Å²) in [6.07, 6.45) is 0.432. The molecule has 0 spiro atoms. The zero-order valence-electron chi connectivity index (χ0n) is 12.0. The highest BCUT2D eigenvalue weighted by Crippen LogP contribution is 2.22. The number of nitrogens with zero attached hydrogens (tertiary/aromatic N) is 1. The Bertz CT molecular complexity index is 470. The van der Waals surface area contributed by atoms with Crippen molar-refractivity contribution in [2.24, 2.45) is 0 Å². The molecule has 1 aromatic carbocycles. The first kappa shape index (κ1) is 15.5. The highest BCUT2D eigenvalue weighted by Gasteiger charge is 2.26. The van der Waals surface area contributed by atoms with Gasteiger partial charge in [-0.3, -0.25) is 5.32 Å². The lowest BCUT2D eigenvalue weighted by Crippen LogP contribution is -2.44. The minimum Gasteiger partial charge on any atom is -0.490 e. The Labute approximate surface area is 114 Å². The predicted molar refractivity (Wildman–Crippen MR) is 73.5 cm³/mol. The standard InChI is InChI=1S/C15H21FN2O/c1-5-18-15(4,10-17)9-12(3)19-14-7-6-13(16)8-11(14)2/h6-8,12,18H,5,9H2,1-4H3. The van der Waals surface area contributed by atoms with E-state index >= 15 is 0 Å². The van der Waals surface area contributed by atoms with Crippen molar-refractivity contribution in [1.82, 2.24) is 5.32 Å². The summed E-state index contributed by atoms with van der Waals surface area (Å²) in [4.78, 5) is 0. The molecule has 1 aromatic rings. The van der Waals surface area contributed by atoms with Crippen LogP contribution in [0.4, 0.5) is 4.39 Å². The lowest BCUT2D eigenvalue weighted by molar-refractivity contribution is 0.179. The van der Waals surface area contributed by atoms with E-state index in [1.165, 1.54) is 12.1 Å². The van der Waals surface area contributed by atoms with Crippen LogP contribution in [-0.2, 0) is 0 Å². The Morgan fingerprint density at radius 3 is 2.74 bits per heavy atom. The molecule has 0 aromatic heterocycles. The monoisotopic (exact) mass is 264 g/mol. The number of halogens is 1. The summed E-state index contributed by atoms with van der Waals surface area (Å²) in [5.41, 5.74) is 0.149. The van der Waals surface area contributed by atoms with Crippen LogP contribution in [0.1, 0.15) is 32.8 Å². The van der Waals surface area contributed by atoms with Crippen molar-refractivity contribution >= 4 is 0 Å². The summed E-state index contributed by atoms with van der Waals surface area (Å²) >= 11 is 0. The van der Waals surface area contributed by atoms with E-state index in [2.05, 4.69) is 11.4 Å². The number of ether oxygens (including phenoxy) is 1. The summed E-state index contributed by atoms with van der Waals surface area (Å²) in [6, 6.07) is 6.71. The zero-order chi connectivity index (χ0) is 14.5. The summed E-state index contributed by atoms with van der Waals surface area (Å²) < 4.78 is 18.8. The molecule has 0 saturated carbocycles. The van der Waals surface area contributed by atoms with Crippen LogP contribution in [0.25, 0.3) is 0 Å². The van der Waals surface area contributed by atoms with Crippen LogP contribution in [0.15, 0.2) is 18.2 Å². The Kier molecular flexibility index (Phi) is 5.31. The van der Waals surface area contributed by atoms with Gasteiger partial charge in [0, 0.05) is 6.42 Å². The molecule has 1 N–H and O–H groups in total. The van der Waals surface area contributed by atoms with Gasteiger partial charge in [0.15, 0.2) is 0 Å². The molecule has 0 bridgehead atoms. The first-order valence-corrected chi connectivity index (χ1v) is 6.49. The Morgan fingerprint density at radius 2 is 2.21 bits per heavy atom. The third-order valence-corrected chi connectivity index (χ3v) is 2.97. The number of nitriles is 1. The topological polar surface area (TPSA) is 45.0 Å². The molecule has 19 heavy (non-hydrogen) atoms. The number of hydrogen-bond acceptors (Lipinski definition) is 3. The molecule has 2 atom stereocenters. The van der Waals surface area contributed by atoms with Gasteiger partial charge >= 0.3 is 0 Å². The van der Waals surface area contributed by atoms with Crippen LogP contribution in [-0.4, -0.2) is 18.2 Å². The van der Waals surface area contributed by atoms with E-state index in [4.69, 9.17) is 4.74 Å². The number of nitrogens with one attached hydrogen (secondary N) is 1. The summed E-state index contributed by atoms with van der Waals surface area (Å²) in [5.74, 6) is 0.387. The fourth-order valence-corrected chi connectivity index (χ4v) is 2.13. The fourth-order valence-electron chi connectivity index (χ4n) is 2.13. The second-order valence-corrected chi connectivity index (χ2v) is 5.02. The smallest absolute Gasteiger partial charge is 0.123 e. The molecule has 4 heteroatoms. The van der Waals surface area contributed by atoms with Gasteiger partial charge in [-0.2, -0.15) is 5.26 Å². The molecular weight excluding hydrogens is 243 g/mol. The van der Waals surface area contributed by atoms with Crippen molar-refractivity contribution in [2.45, 2.75) is 45.8 Å². The normalized spacial score (nSPS) is 15.4. The maximum Gasteiger partial charge on any atom is 0.123 e. The first-order chi connectivity index (χ1) is 8.90. The lowest BCUT2D eigenvalue weighted by atomic mass is 9.96. The predicted octanol–water partition coefficient (Wildman–Crippen LogP) is 3.18. The van der Waals surface area contributed by atoms with Gasteiger partial charge in [0.1, 0.15) is 17.1 Å². The highest BCUT2D eigenvalue weighted by molar-refractivity contribution is 5.32. The minimum absolute atomic E-state index is 0.132. The van der Waals surface area contributed by atoms with Crippen molar-refractivity contribution in [3.8, 4) is 11.8 Å². The maximum absolute atomic E-state index is 13.0. The fraction of sp³-hybridized carbons (Fsp3) is 0.533. The van der Waals surface area contributed by atoms with Crippen LogP contribution in [0, 0.1) is 24.1 Å². The summed E-state index contributed by atoms with van der Waals surface area (Å²) in [6.45, 7) is 8.26. The SMILES string of the molecule is CCNC(C)(C#N)CC(C)Oc1ccc(F)cc1C. The van der Waals surface area contributed by atoms with Crippen molar-refractivity contribution in [1.29, 1.82) is 5.26 Å². The molecule has 0 radical (unpaired) electrons. The number of aryl methyl sites for hydroxylation is 1. The molecule has 0 aliphatic heterocycles. The molecule has 104 valence electrons. The Morgan fingerprint density at radius 1 is 1.53 bits per heavy atom. The molecule has 0 aliphatic rings. The van der Waals surface area contributed by atoms with Crippen LogP contribution >= 0.6 is 0 Å². The van der Waals surface area contributed by atoms with Gasteiger partial charge in [-0.25, -0.2) is 4.39 Å². The van der Waals surface area contributed by atoms with Crippen molar-refractivity contribution < 1.29 is 9.13 Å². The third-order valence-electron chi connectivity index (χ3n) is 2.97. The van der Waals surface area contributed by atoms with Gasteiger partial charge in [0.2, 0.25) is 0 Å². The molecule has 3 nitrogen and oxygen atoms in total. The molecule has 0 fully saturated rings. The number of rotatable bonds is 6. The van der Waals surface area contributed by atoms with Crippen molar-refractivity contribution in [3.63, 3.8) is 0 Å². The van der Waals surface area contributed by atoms with E-state index < -0.39 is 5.54 Å². The zero-order valence-corrected chi connectivity index (χ0v) is 12.0. The molecule has 2 unspecified atom stereocenters. The second-order valence-electron chi connectivity index (χ2n) is 5.02. The molecule has 0 saturated heterocycles. The lowest BCUT2D eigenvalue weighted by Gasteiger charge is -2.27. The third kappa shape index (κ3) is 4.53. The van der Waals surface area contributed by atoms with Crippen molar-refractivity contribution in [3.05, 3.63) is 29.6 Å². The van der Waals surface area contributed by atoms with E-state index in [1.54, 1.807) is 13.0 Å². The van der Waals surface area contributed by atoms with Gasteiger partial charge in [-0.15, -0.1) is 0 Å². The van der Waals surface area contributed by atoms with E-state index in [-0.39, 0.29) is 11.9 Å². The number of hydrogen-bond donors (Lipinski definition) is 1. The van der Waals surface area contributed by atoms with Crippen LogP contribution in [0.2, 0.25) is 0 Å². The minimum atomic E-state index is -0.609. The summed E-state index contributed by atoms with van der Waals surface area (Å²) in [5, 5.41) is 12.4. The van der Waals surface area contributed by atoms with E-state index in [1.807, 2.05) is 20.8 Å². The van der Waals surface area contributed by atoms with E-state index in [9.17, 15) is 9.65 Å². The van der Waals surface area contributed by atoms with Gasteiger partial charge in [-0.05, 0) is 51.1 Å². The van der Waals surface area contributed by atoms with Crippen LogP contribution < -0.4 is 10.1 Å². The quantitative estimate of drug-likeness (QED) is 0.858. The first-order valence-electron chi connectivity index (χ1n) is 6.49. The molecular formula is C15H21FN2O. The average molecular weight is 264 g/mol. The summed E-state index contributed by atoms with van der Waals surface area (Å²) in [7, 11) is 0. The molecule has 0 aliphatic carbocycles. The molecule has 1 rings (SSSR count). The largest absolute Gasteiger partial charge is 0.490 e. The van der Waals surface area contributed by atoms with Gasteiger partial charge in [0.05, 0.1) is 12.2 Å². The van der Waals surface area contributed by atoms with Gasteiger partial charge in [-0.1, -0.05) is 6.92 Å². The maximum atomic E-state index is 13.0. The van der Waals surface area contributed by atoms with Crippen molar-refractivity contribution in [2.75, 3.05) is 6.54 Å². The van der Waals surface area contributed by atoms with Gasteiger partial charge < -0.3 is 4.74 Å².